The van der Waals surface area contributed by atoms with Crippen LogP contribution in [-0.2, 0) is 5.41 Å². The van der Waals surface area contributed by atoms with Gasteiger partial charge in [0.15, 0.2) is 5.82 Å². The van der Waals surface area contributed by atoms with E-state index in [9.17, 15) is 0 Å². The highest BCUT2D eigenvalue weighted by Gasteiger charge is 2.50. The number of fused-ring (bicyclic) bond motifs is 12. The normalized spacial score (nSPS) is 13.8. The largest absolute Gasteiger partial charge is 0.293 e. The highest BCUT2D eigenvalue weighted by atomic mass is 15.2. The van der Waals surface area contributed by atoms with Crippen LogP contribution in [0.4, 0.5) is 0 Å². The van der Waals surface area contributed by atoms with Gasteiger partial charge in [0.25, 0.3) is 0 Å². The van der Waals surface area contributed by atoms with E-state index in [2.05, 4.69) is 191 Å². The Bertz CT molecular complexity index is 3730. The molecule has 12 aromatic rings. The quantitative estimate of drug-likeness (QED) is 0.178. The van der Waals surface area contributed by atoms with E-state index in [1.165, 1.54) is 76.5 Å². The Kier molecular flexibility index (Phi) is 5.42. The lowest BCUT2D eigenvalue weighted by molar-refractivity contribution is 0.783. The van der Waals surface area contributed by atoms with E-state index in [0.717, 1.165) is 38.8 Å². The molecule has 9 aromatic carbocycles. The fourth-order valence-corrected chi connectivity index (χ4v) is 10.9. The van der Waals surface area contributed by atoms with Gasteiger partial charge in [-0.25, -0.2) is 4.98 Å². The van der Waals surface area contributed by atoms with Crippen LogP contribution in [0.1, 0.15) is 22.3 Å². The van der Waals surface area contributed by atoms with Crippen molar-refractivity contribution in [2.75, 3.05) is 0 Å². The predicted molar refractivity (Wildman–Crippen MR) is 234 cm³/mol. The second-order valence-electron chi connectivity index (χ2n) is 15.7. The SMILES string of the molecule is c1ccc2c(c1)-c1ccccc1C21c2cccc3ccc4c(c23)c2c1cccc2n4-c1nc(-n2c3ccccc3c3cc4ccccc4cc32)c2ccccc2n1. The van der Waals surface area contributed by atoms with Crippen molar-refractivity contribution in [3.05, 3.63) is 204 Å². The molecule has 0 bridgehead atoms. The van der Waals surface area contributed by atoms with E-state index in [-0.39, 0.29) is 0 Å². The van der Waals surface area contributed by atoms with Crippen molar-refractivity contribution in [1.29, 1.82) is 0 Å². The highest BCUT2D eigenvalue weighted by Crippen LogP contribution is 2.62. The van der Waals surface area contributed by atoms with Crippen molar-refractivity contribution in [3.8, 4) is 22.9 Å². The lowest BCUT2D eigenvalue weighted by Gasteiger charge is -2.37. The lowest BCUT2D eigenvalue weighted by atomic mass is 9.63. The average molecular weight is 723 g/mol. The number of rotatable bonds is 2. The Hall–Kier alpha value is -7.56. The van der Waals surface area contributed by atoms with Crippen molar-refractivity contribution < 1.29 is 0 Å². The Morgan fingerprint density at radius 1 is 0.351 bits per heavy atom. The van der Waals surface area contributed by atoms with Crippen molar-refractivity contribution in [2.24, 2.45) is 0 Å². The van der Waals surface area contributed by atoms with E-state index in [1.807, 2.05) is 0 Å². The number of para-hydroxylation sites is 2. The van der Waals surface area contributed by atoms with Crippen LogP contribution in [0.15, 0.2) is 182 Å². The summed E-state index contributed by atoms with van der Waals surface area (Å²) in [5.74, 6) is 1.53. The van der Waals surface area contributed by atoms with Gasteiger partial charge in [-0.3, -0.25) is 9.13 Å². The van der Waals surface area contributed by atoms with Gasteiger partial charge >= 0.3 is 0 Å². The van der Waals surface area contributed by atoms with Crippen molar-refractivity contribution >= 4 is 76.1 Å². The van der Waals surface area contributed by atoms with Gasteiger partial charge in [-0.05, 0) is 97.4 Å². The molecule has 0 radical (unpaired) electrons. The maximum Gasteiger partial charge on any atom is 0.237 e. The Labute approximate surface area is 326 Å². The molecule has 3 aromatic heterocycles. The zero-order valence-corrected chi connectivity index (χ0v) is 30.6. The second kappa shape index (κ2) is 10.4. The zero-order valence-electron chi connectivity index (χ0n) is 30.6. The van der Waals surface area contributed by atoms with Gasteiger partial charge in [-0.15, -0.1) is 0 Å². The van der Waals surface area contributed by atoms with E-state index < -0.39 is 5.41 Å². The van der Waals surface area contributed by atoms with Gasteiger partial charge in [0, 0.05) is 26.9 Å². The van der Waals surface area contributed by atoms with Gasteiger partial charge in [0.1, 0.15) is 0 Å². The summed E-state index contributed by atoms with van der Waals surface area (Å²) in [4.78, 5) is 11.1. The number of nitrogens with zero attached hydrogens (tertiary/aromatic N) is 4. The smallest absolute Gasteiger partial charge is 0.237 e. The summed E-state index contributed by atoms with van der Waals surface area (Å²) in [6, 6.07) is 66.8. The van der Waals surface area contributed by atoms with Crippen LogP contribution in [0, 0.1) is 0 Å². The first-order chi connectivity index (χ1) is 28.3. The first-order valence-electron chi connectivity index (χ1n) is 19.7. The molecule has 0 N–H and O–H groups in total. The Morgan fingerprint density at radius 2 is 0.947 bits per heavy atom. The fraction of sp³-hybridized carbons (Fsp3) is 0.0189. The summed E-state index contributed by atoms with van der Waals surface area (Å²) in [6.45, 7) is 0. The van der Waals surface area contributed by atoms with Crippen LogP contribution < -0.4 is 0 Å². The van der Waals surface area contributed by atoms with Gasteiger partial charge < -0.3 is 0 Å². The maximum absolute atomic E-state index is 5.67. The summed E-state index contributed by atoms with van der Waals surface area (Å²) in [5, 5.41) is 10.9. The van der Waals surface area contributed by atoms with Crippen LogP contribution in [0.2, 0.25) is 0 Å². The molecule has 0 atom stereocenters. The van der Waals surface area contributed by atoms with Crippen LogP contribution in [0.3, 0.4) is 0 Å². The minimum absolute atomic E-state index is 0.471. The molecule has 14 rings (SSSR count). The first kappa shape index (κ1) is 29.8. The molecule has 57 heavy (non-hydrogen) atoms. The minimum atomic E-state index is -0.471. The molecular weight excluding hydrogens is 693 g/mol. The third-order valence-corrected chi connectivity index (χ3v) is 13.1. The molecule has 1 spiro atoms. The number of aromatic nitrogens is 4. The molecule has 0 amide bonds. The molecule has 0 saturated heterocycles. The summed E-state index contributed by atoms with van der Waals surface area (Å²) >= 11 is 0. The monoisotopic (exact) mass is 722 g/mol. The highest BCUT2D eigenvalue weighted by molar-refractivity contribution is 6.26. The standard InChI is InChI=1S/C53H30N4/c1-2-14-33-30-47-38(29-32(33)13-1)36-18-6-10-25-44(36)56(47)51-37-19-5-9-24-43(37)54-52(55-51)57-45-26-12-23-42-49(45)50-46(57)28-27-31-15-11-22-41(48(31)50)53(42)39-20-7-3-16-34(39)35-17-4-8-21-40(35)53/h1-30H. The lowest BCUT2D eigenvalue weighted by Crippen LogP contribution is -2.30. The first-order valence-corrected chi connectivity index (χ1v) is 19.7. The van der Waals surface area contributed by atoms with Gasteiger partial charge in [0.05, 0.1) is 33.0 Å². The average Bonchev–Trinajstić information content (AvgIpc) is 3.89. The topological polar surface area (TPSA) is 35.6 Å². The van der Waals surface area contributed by atoms with Crippen LogP contribution in [0.25, 0.3) is 99.0 Å². The summed E-state index contributed by atoms with van der Waals surface area (Å²) < 4.78 is 4.69. The molecule has 0 unspecified atom stereocenters. The maximum atomic E-state index is 5.67. The van der Waals surface area contributed by atoms with E-state index in [4.69, 9.17) is 9.97 Å². The van der Waals surface area contributed by atoms with Crippen LogP contribution >= 0.6 is 0 Å². The van der Waals surface area contributed by atoms with Crippen LogP contribution in [0.5, 0.6) is 0 Å². The molecule has 2 aliphatic rings. The van der Waals surface area contributed by atoms with Crippen molar-refractivity contribution in [1.82, 2.24) is 19.1 Å². The third kappa shape index (κ3) is 3.51. The zero-order chi connectivity index (χ0) is 37.0. The summed E-state index contributed by atoms with van der Waals surface area (Å²) in [7, 11) is 0. The molecular formula is C53H30N4. The molecule has 262 valence electrons. The molecule has 4 nitrogen and oxygen atoms in total. The van der Waals surface area contributed by atoms with Crippen molar-refractivity contribution in [3.63, 3.8) is 0 Å². The van der Waals surface area contributed by atoms with E-state index >= 15 is 0 Å². The molecule has 3 heterocycles. The van der Waals surface area contributed by atoms with Gasteiger partial charge in [-0.2, -0.15) is 4.98 Å². The Morgan fingerprint density at radius 3 is 1.77 bits per heavy atom. The third-order valence-electron chi connectivity index (χ3n) is 13.1. The fourth-order valence-electron chi connectivity index (χ4n) is 10.9. The minimum Gasteiger partial charge on any atom is -0.293 e. The molecule has 0 aliphatic heterocycles. The van der Waals surface area contributed by atoms with E-state index in [0.29, 0.717) is 5.95 Å². The molecule has 0 fully saturated rings. The summed E-state index contributed by atoms with van der Waals surface area (Å²) in [5.41, 5.74) is 12.8. The molecule has 2 aliphatic carbocycles. The second-order valence-corrected chi connectivity index (χ2v) is 15.7. The number of hydrogen-bond donors (Lipinski definition) is 0. The van der Waals surface area contributed by atoms with E-state index in [1.54, 1.807) is 0 Å². The number of benzene rings is 9. The van der Waals surface area contributed by atoms with Crippen molar-refractivity contribution in [2.45, 2.75) is 5.41 Å². The van der Waals surface area contributed by atoms with Gasteiger partial charge in [0.2, 0.25) is 5.95 Å². The Balaban J connectivity index is 1.14. The number of hydrogen-bond acceptors (Lipinski definition) is 2. The predicted octanol–water partition coefficient (Wildman–Crippen LogP) is 12.8. The summed E-state index contributed by atoms with van der Waals surface area (Å²) in [6.07, 6.45) is 0. The van der Waals surface area contributed by atoms with Crippen LogP contribution in [-0.4, -0.2) is 19.1 Å². The molecule has 0 saturated carbocycles. The van der Waals surface area contributed by atoms with Gasteiger partial charge in [-0.1, -0.05) is 140 Å². The molecule has 4 heteroatoms.